The molecule has 1 fully saturated rings. The van der Waals surface area contributed by atoms with E-state index in [9.17, 15) is 14.0 Å². The van der Waals surface area contributed by atoms with E-state index in [4.69, 9.17) is 0 Å². The molecule has 1 saturated carbocycles. The van der Waals surface area contributed by atoms with Gasteiger partial charge in [0.2, 0.25) is 5.91 Å². The van der Waals surface area contributed by atoms with E-state index in [2.05, 4.69) is 5.32 Å². The van der Waals surface area contributed by atoms with Crippen molar-refractivity contribution in [3.8, 4) is 0 Å². The molecule has 4 nitrogen and oxygen atoms in total. The summed E-state index contributed by atoms with van der Waals surface area (Å²) >= 11 is 1.14. The largest absolute Gasteiger partial charge is 0.339 e. The van der Waals surface area contributed by atoms with Gasteiger partial charge in [-0.1, -0.05) is 25.0 Å². The van der Waals surface area contributed by atoms with Crippen molar-refractivity contribution in [3.63, 3.8) is 0 Å². The summed E-state index contributed by atoms with van der Waals surface area (Å²) in [4.78, 5) is 27.2. The van der Waals surface area contributed by atoms with Gasteiger partial charge in [-0.15, -0.1) is 0 Å². The van der Waals surface area contributed by atoms with Crippen molar-refractivity contribution in [2.24, 2.45) is 0 Å². The van der Waals surface area contributed by atoms with E-state index >= 15 is 0 Å². The van der Waals surface area contributed by atoms with Crippen molar-refractivity contribution < 1.29 is 14.0 Å². The number of benzene rings is 2. The van der Waals surface area contributed by atoms with Crippen LogP contribution in [0, 0.1) is 5.82 Å². The number of nitrogens with zero attached hydrogens (tertiary/aromatic N) is 1. The molecule has 0 atom stereocenters. The summed E-state index contributed by atoms with van der Waals surface area (Å²) in [6.07, 6.45) is 3.48. The van der Waals surface area contributed by atoms with Crippen molar-refractivity contribution in [3.05, 3.63) is 59.9 Å². The van der Waals surface area contributed by atoms with Crippen LogP contribution in [0.5, 0.6) is 0 Å². The van der Waals surface area contributed by atoms with E-state index < -0.39 is 5.41 Å². The molecule has 3 rings (SSSR count). The minimum absolute atomic E-state index is 0.0481. The maximum atomic E-state index is 13.3. The zero-order valence-electron chi connectivity index (χ0n) is 15.5. The number of thioether (sulfide) groups is 1. The Morgan fingerprint density at radius 3 is 2.15 bits per heavy atom. The van der Waals surface area contributed by atoms with Crippen molar-refractivity contribution in [1.82, 2.24) is 4.90 Å². The topological polar surface area (TPSA) is 49.4 Å². The summed E-state index contributed by atoms with van der Waals surface area (Å²) in [5.41, 5.74) is 0.944. The Morgan fingerprint density at radius 1 is 1.00 bits per heavy atom. The fourth-order valence-electron chi connectivity index (χ4n) is 3.44. The monoisotopic (exact) mass is 386 g/mol. The molecule has 2 amide bonds. The number of carbonyl (C=O) groups is 2. The fourth-order valence-corrected chi connectivity index (χ4v) is 4.10. The Balaban J connectivity index is 1.75. The van der Waals surface area contributed by atoms with Crippen LogP contribution in [0.25, 0.3) is 0 Å². The lowest BCUT2D eigenvalue weighted by atomic mass is 9.78. The second kappa shape index (κ2) is 8.13. The van der Waals surface area contributed by atoms with Crippen molar-refractivity contribution in [1.29, 1.82) is 0 Å². The van der Waals surface area contributed by atoms with Crippen LogP contribution in [0.2, 0.25) is 0 Å². The number of nitrogens with one attached hydrogen (secondary N) is 1. The van der Waals surface area contributed by atoms with E-state index in [0.717, 1.165) is 47.9 Å². The smallest absolute Gasteiger partial charge is 0.285 e. The third kappa shape index (κ3) is 4.33. The Labute approximate surface area is 163 Å². The molecule has 0 heterocycles. The van der Waals surface area contributed by atoms with Crippen LogP contribution in [0.4, 0.5) is 14.9 Å². The maximum absolute atomic E-state index is 13.3. The van der Waals surface area contributed by atoms with E-state index in [0.29, 0.717) is 5.69 Å². The molecule has 1 N–H and O–H groups in total. The van der Waals surface area contributed by atoms with Crippen LogP contribution < -0.4 is 5.32 Å². The highest BCUT2D eigenvalue weighted by molar-refractivity contribution is 8.13. The van der Waals surface area contributed by atoms with Crippen LogP contribution in [-0.4, -0.2) is 30.1 Å². The average Bonchev–Trinajstić information content (AvgIpc) is 3.15. The lowest BCUT2D eigenvalue weighted by molar-refractivity contribution is -0.121. The summed E-state index contributed by atoms with van der Waals surface area (Å²) in [5, 5.41) is 2.96. The Kier molecular flexibility index (Phi) is 5.85. The molecular weight excluding hydrogens is 363 g/mol. The maximum Gasteiger partial charge on any atom is 0.285 e. The first kappa shape index (κ1) is 19.4. The number of carbonyl (C=O) groups excluding carboxylic acids is 2. The van der Waals surface area contributed by atoms with E-state index in [-0.39, 0.29) is 17.0 Å². The van der Waals surface area contributed by atoms with Crippen LogP contribution >= 0.6 is 11.8 Å². The van der Waals surface area contributed by atoms with Crippen LogP contribution in [-0.2, 0) is 10.2 Å². The summed E-state index contributed by atoms with van der Waals surface area (Å²) in [6.45, 7) is 0. The number of halogens is 1. The minimum atomic E-state index is -0.609. The summed E-state index contributed by atoms with van der Waals surface area (Å²) < 4.78 is 13.3. The van der Waals surface area contributed by atoms with Gasteiger partial charge in [0, 0.05) is 24.7 Å². The van der Waals surface area contributed by atoms with Crippen molar-refractivity contribution in [2.45, 2.75) is 36.0 Å². The highest BCUT2D eigenvalue weighted by atomic mass is 32.2. The van der Waals surface area contributed by atoms with Gasteiger partial charge in [0.1, 0.15) is 5.82 Å². The minimum Gasteiger partial charge on any atom is -0.339 e. The van der Waals surface area contributed by atoms with Crippen LogP contribution in [0.15, 0.2) is 53.4 Å². The van der Waals surface area contributed by atoms with Crippen LogP contribution in [0.1, 0.15) is 31.2 Å². The van der Waals surface area contributed by atoms with Gasteiger partial charge in [-0.2, -0.15) is 0 Å². The predicted octanol–water partition coefficient (Wildman–Crippen LogP) is 5.05. The van der Waals surface area contributed by atoms with Gasteiger partial charge >= 0.3 is 0 Å². The van der Waals surface area contributed by atoms with Gasteiger partial charge in [-0.25, -0.2) is 4.39 Å². The van der Waals surface area contributed by atoms with Gasteiger partial charge in [0.05, 0.1) is 5.41 Å². The Bertz CT molecular complexity index is 813. The van der Waals surface area contributed by atoms with E-state index in [1.54, 1.807) is 38.4 Å². The Morgan fingerprint density at radius 2 is 1.59 bits per heavy atom. The average molecular weight is 386 g/mol. The van der Waals surface area contributed by atoms with Gasteiger partial charge in [-0.05, 0) is 66.6 Å². The first-order chi connectivity index (χ1) is 12.9. The predicted molar refractivity (Wildman–Crippen MR) is 107 cm³/mol. The third-order valence-electron chi connectivity index (χ3n) is 4.97. The van der Waals surface area contributed by atoms with Crippen molar-refractivity contribution >= 4 is 28.6 Å². The Hall–Kier alpha value is -2.34. The van der Waals surface area contributed by atoms with Gasteiger partial charge < -0.3 is 10.2 Å². The molecule has 1 aliphatic rings. The molecule has 0 radical (unpaired) electrons. The molecular formula is C21H23FN2O2S. The SMILES string of the molecule is CN(C)C(=O)Sc1ccc(NC(=O)C2(c3ccc(F)cc3)CCCC2)cc1. The molecule has 0 bridgehead atoms. The van der Waals surface area contributed by atoms with E-state index in [1.807, 2.05) is 12.1 Å². The zero-order valence-corrected chi connectivity index (χ0v) is 16.3. The lowest BCUT2D eigenvalue weighted by Gasteiger charge is -2.28. The number of hydrogen-bond donors (Lipinski definition) is 1. The molecule has 6 heteroatoms. The molecule has 142 valence electrons. The first-order valence-electron chi connectivity index (χ1n) is 8.97. The second-order valence-electron chi connectivity index (χ2n) is 7.04. The standard InChI is InChI=1S/C21H23FN2O2S/c1-24(2)20(26)27-18-11-9-17(10-12-18)23-19(25)21(13-3-4-14-21)15-5-7-16(22)8-6-15/h5-12H,3-4,13-14H2,1-2H3,(H,23,25). The molecule has 0 unspecified atom stereocenters. The highest BCUT2D eigenvalue weighted by Gasteiger charge is 2.42. The second-order valence-corrected chi connectivity index (χ2v) is 8.06. The van der Waals surface area contributed by atoms with E-state index in [1.165, 1.54) is 17.0 Å². The highest BCUT2D eigenvalue weighted by Crippen LogP contribution is 2.42. The number of amides is 2. The first-order valence-corrected chi connectivity index (χ1v) is 9.79. The molecule has 0 saturated heterocycles. The third-order valence-corrected chi connectivity index (χ3v) is 6.02. The lowest BCUT2D eigenvalue weighted by Crippen LogP contribution is -2.38. The summed E-state index contributed by atoms with van der Waals surface area (Å²) in [7, 11) is 3.42. The molecule has 1 aliphatic carbocycles. The number of rotatable bonds is 4. The fraction of sp³-hybridized carbons (Fsp3) is 0.333. The van der Waals surface area contributed by atoms with Crippen LogP contribution in [0.3, 0.4) is 0 Å². The van der Waals surface area contributed by atoms with Crippen molar-refractivity contribution in [2.75, 3.05) is 19.4 Å². The normalized spacial score (nSPS) is 15.4. The molecule has 0 spiro atoms. The summed E-state index contributed by atoms with van der Waals surface area (Å²) in [5.74, 6) is -0.357. The molecule has 0 aliphatic heterocycles. The zero-order chi connectivity index (χ0) is 19.4. The molecule has 0 aromatic heterocycles. The van der Waals surface area contributed by atoms with Gasteiger partial charge in [-0.3, -0.25) is 9.59 Å². The quantitative estimate of drug-likeness (QED) is 0.748. The number of hydrogen-bond acceptors (Lipinski definition) is 3. The van der Waals surface area contributed by atoms with Gasteiger partial charge in [0.25, 0.3) is 5.24 Å². The molecule has 27 heavy (non-hydrogen) atoms. The molecule has 2 aromatic rings. The molecule has 2 aromatic carbocycles. The summed E-state index contributed by atoms with van der Waals surface area (Å²) in [6, 6.07) is 13.5. The van der Waals surface area contributed by atoms with Gasteiger partial charge in [0.15, 0.2) is 0 Å². The number of anilines is 1.